The zero-order valence-corrected chi connectivity index (χ0v) is 9.54. The third-order valence-electron chi connectivity index (χ3n) is 2.20. The quantitative estimate of drug-likeness (QED) is 0.631. The van der Waals surface area contributed by atoms with Crippen LogP contribution in [0.2, 0.25) is 0 Å². The van der Waals surface area contributed by atoms with Gasteiger partial charge in [-0.1, -0.05) is 30.3 Å². The average molecular weight is 235 g/mol. The molecule has 4 nitrogen and oxygen atoms in total. The van der Waals surface area contributed by atoms with Gasteiger partial charge < -0.3 is 15.5 Å². The standard InChI is InChI=1S/C13H17NO3/c15-9-8-12(16)10-14-13(17)7-6-11-4-2-1-3-5-11/h1-7,12,15-16H,8-10H2,(H,14,17). The van der Waals surface area contributed by atoms with Crippen molar-refractivity contribution in [2.45, 2.75) is 12.5 Å². The molecule has 1 amide bonds. The van der Waals surface area contributed by atoms with Gasteiger partial charge in [0.25, 0.3) is 0 Å². The summed E-state index contributed by atoms with van der Waals surface area (Å²) in [4.78, 5) is 11.4. The van der Waals surface area contributed by atoms with Crippen molar-refractivity contribution < 1.29 is 15.0 Å². The van der Waals surface area contributed by atoms with Crippen molar-refractivity contribution in [2.75, 3.05) is 13.2 Å². The summed E-state index contributed by atoms with van der Waals surface area (Å²) in [6.45, 7) is 0.0649. The Kier molecular flexibility index (Phi) is 5.99. The van der Waals surface area contributed by atoms with Crippen LogP contribution < -0.4 is 5.32 Å². The molecule has 0 aliphatic heterocycles. The Bertz CT molecular complexity index is 362. The van der Waals surface area contributed by atoms with Crippen LogP contribution in [0.5, 0.6) is 0 Å². The zero-order chi connectivity index (χ0) is 12.5. The number of carbonyl (C=O) groups is 1. The first kappa shape index (κ1) is 13.4. The van der Waals surface area contributed by atoms with Gasteiger partial charge in [0.15, 0.2) is 0 Å². The Hall–Kier alpha value is -1.65. The van der Waals surface area contributed by atoms with E-state index in [0.29, 0.717) is 0 Å². The van der Waals surface area contributed by atoms with Gasteiger partial charge in [0.2, 0.25) is 5.91 Å². The molecule has 1 aromatic carbocycles. The molecule has 0 fully saturated rings. The van der Waals surface area contributed by atoms with Crippen LogP contribution in [0.4, 0.5) is 0 Å². The predicted octanol–water partition coefficient (Wildman–Crippen LogP) is 0.559. The van der Waals surface area contributed by atoms with Crippen LogP contribution in [0.3, 0.4) is 0 Å². The van der Waals surface area contributed by atoms with E-state index in [1.54, 1.807) is 6.08 Å². The van der Waals surface area contributed by atoms with Gasteiger partial charge in [-0.15, -0.1) is 0 Å². The van der Waals surface area contributed by atoms with Gasteiger partial charge in [0.1, 0.15) is 0 Å². The summed E-state index contributed by atoms with van der Waals surface area (Å²) in [5.41, 5.74) is 0.943. The summed E-state index contributed by atoms with van der Waals surface area (Å²) >= 11 is 0. The van der Waals surface area contributed by atoms with Gasteiger partial charge in [-0.3, -0.25) is 4.79 Å². The topological polar surface area (TPSA) is 69.6 Å². The van der Waals surface area contributed by atoms with Crippen LogP contribution in [-0.2, 0) is 4.79 Å². The Morgan fingerprint density at radius 2 is 2.06 bits per heavy atom. The third-order valence-corrected chi connectivity index (χ3v) is 2.20. The Morgan fingerprint density at radius 1 is 1.35 bits per heavy atom. The van der Waals surface area contributed by atoms with Crippen molar-refractivity contribution in [3.05, 3.63) is 42.0 Å². The molecule has 0 aliphatic rings. The van der Waals surface area contributed by atoms with E-state index in [1.807, 2.05) is 30.3 Å². The molecular weight excluding hydrogens is 218 g/mol. The maximum atomic E-state index is 11.4. The van der Waals surface area contributed by atoms with E-state index in [0.717, 1.165) is 5.56 Å². The van der Waals surface area contributed by atoms with E-state index in [4.69, 9.17) is 5.11 Å². The molecule has 1 rings (SSSR count). The number of aliphatic hydroxyl groups excluding tert-OH is 2. The lowest BCUT2D eigenvalue weighted by atomic mass is 10.2. The Morgan fingerprint density at radius 3 is 2.71 bits per heavy atom. The third kappa shape index (κ3) is 5.85. The maximum absolute atomic E-state index is 11.4. The van der Waals surface area contributed by atoms with E-state index in [2.05, 4.69) is 5.32 Å². The minimum atomic E-state index is -0.700. The first-order valence-corrected chi connectivity index (χ1v) is 5.52. The van der Waals surface area contributed by atoms with Gasteiger partial charge in [-0.05, 0) is 18.1 Å². The molecule has 0 saturated carbocycles. The highest BCUT2D eigenvalue weighted by Gasteiger charge is 2.03. The largest absolute Gasteiger partial charge is 0.396 e. The number of nitrogens with one attached hydrogen (secondary N) is 1. The van der Waals surface area contributed by atoms with E-state index >= 15 is 0 Å². The number of hydrogen-bond donors (Lipinski definition) is 3. The van der Waals surface area contributed by atoms with Crippen LogP contribution >= 0.6 is 0 Å². The smallest absolute Gasteiger partial charge is 0.244 e. The molecule has 92 valence electrons. The van der Waals surface area contributed by atoms with Crippen LogP contribution in [0.1, 0.15) is 12.0 Å². The molecular formula is C13H17NO3. The molecule has 0 heterocycles. The van der Waals surface area contributed by atoms with Crippen LogP contribution in [0, 0.1) is 0 Å². The molecule has 3 N–H and O–H groups in total. The van der Waals surface area contributed by atoms with Gasteiger partial charge in [0, 0.05) is 19.2 Å². The lowest BCUT2D eigenvalue weighted by Crippen LogP contribution is -2.31. The maximum Gasteiger partial charge on any atom is 0.244 e. The summed E-state index contributed by atoms with van der Waals surface area (Å²) in [7, 11) is 0. The molecule has 0 aliphatic carbocycles. The predicted molar refractivity (Wildman–Crippen MR) is 66.2 cm³/mol. The molecule has 17 heavy (non-hydrogen) atoms. The van der Waals surface area contributed by atoms with Crippen molar-refractivity contribution in [3.63, 3.8) is 0 Å². The van der Waals surface area contributed by atoms with Gasteiger partial charge in [-0.2, -0.15) is 0 Å². The number of carbonyl (C=O) groups excluding carboxylic acids is 1. The number of rotatable bonds is 6. The summed E-state index contributed by atoms with van der Waals surface area (Å²) in [6.07, 6.45) is 2.69. The second-order valence-corrected chi connectivity index (χ2v) is 3.66. The molecule has 0 saturated heterocycles. The molecule has 1 atom stereocenters. The molecule has 0 spiro atoms. The fraction of sp³-hybridized carbons (Fsp3) is 0.308. The van der Waals surface area contributed by atoms with Crippen molar-refractivity contribution in [1.29, 1.82) is 0 Å². The second-order valence-electron chi connectivity index (χ2n) is 3.66. The molecule has 1 unspecified atom stereocenters. The Labute approximate surface area is 101 Å². The van der Waals surface area contributed by atoms with Gasteiger partial charge >= 0.3 is 0 Å². The SMILES string of the molecule is O=C(C=Cc1ccccc1)NCC(O)CCO. The normalized spacial score (nSPS) is 12.6. The van der Waals surface area contributed by atoms with E-state index in [9.17, 15) is 9.90 Å². The summed E-state index contributed by atoms with van der Waals surface area (Å²) in [5, 5.41) is 20.4. The fourth-order valence-electron chi connectivity index (χ4n) is 1.26. The first-order chi connectivity index (χ1) is 8.22. The highest BCUT2D eigenvalue weighted by molar-refractivity contribution is 5.91. The molecule has 1 aromatic rings. The lowest BCUT2D eigenvalue weighted by Gasteiger charge is -2.08. The van der Waals surface area contributed by atoms with Gasteiger partial charge in [-0.25, -0.2) is 0 Å². The lowest BCUT2D eigenvalue weighted by molar-refractivity contribution is -0.116. The van der Waals surface area contributed by atoms with Crippen molar-refractivity contribution in [2.24, 2.45) is 0 Å². The summed E-state index contributed by atoms with van der Waals surface area (Å²) in [6, 6.07) is 9.47. The van der Waals surface area contributed by atoms with Crippen molar-refractivity contribution in [1.82, 2.24) is 5.32 Å². The zero-order valence-electron chi connectivity index (χ0n) is 9.54. The summed E-state index contributed by atoms with van der Waals surface area (Å²) < 4.78 is 0. The monoisotopic (exact) mass is 235 g/mol. The van der Waals surface area contributed by atoms with E-state index in [1.165, 1.54) is 6.08 Å². The van der Waals surface area contributed by atoms with Crippen molar-refractivity contribution in [3.8, 4) is 0 Å². The van der Waals surface area contributed by atoms with Crippen molar-refractivity contribution >= 4 is 12.0 Å². The van der Waals surface area contributed by atoms with Gasteiger partial charge in [0.05, 0.1) is 6.10 Å². The average Bonchev–Trinajstić information content (AvgIpc) is 2.35. The first-order valence-electron chi connectivity index (χ1n) is 5.52. The number of amides is 1. The van der Waals surface area contributed by atoms with Crippen LogP contribution in [0.25, 0.3) is 6.08 Å². The molecule has 0 bridgehead atoms. The fourth-order valence-corrected chi connectivity index (χ4v) is 1.26. The second kappa shape index (κ2) is 7.60. The number of hydrogen-bond acceptors (Lipinski definition) is 3. The summed E-state index contributed by atoms with van der Waals surface area (Å²) in [5.74, 6) is -0.258. The van der Waals surface area contributed by atoms with Crippen LogP contribution in [-0.4, -0.2) is 35.4 Å². The van der Waals surface area contributed by atoms with E-state index in [-0.39, 0.29) is 25.5 Å². The highest BCUT2D eigenvalue weighted by atomic mass is 16.3. The Balaban J connectivity index is 2.32. The van der Waals surface area contributed by atoms with Crippen LogP contribution in [0.15, 0.2) is 36.4 Å². The minimum Gasteiger partial charge on any atom is -0.396 e. The van der Waals surface area contributed by atoms with E-state index < -0.39 is 6.10 Å². The number of aliphatic hydroxyl groups is 2. The minimum absolute atomic E-state index is 0.0864. The highest BCUT2D eigenvalue weighted by Crippen LogP contribution is 2.00. The number of benzene rings is 1. The molecule has 0 aromatic heterocycles. The molecule has 0 radical (unpaired) electrons. The molecule has 4 heteroatoms.